The predicted molar refractivity (Wildman–Crippen MR) is 81.4 cm³/mol. The zero-order valence-corrected chi connectivity index (χ0v) is 13.8. The van der Waals surface area contributed by atoms with E-state index < -0.39 is 24.1 Å². The van der Waals surface area contributed by atoms with Crippen molar-refractivity contribution in [1.29, 1.82) is 0 Å². The Morgan fingerprint density at radius 3 is 2.00 bits per heavy atom. The molecule has 0 spiro atoms. The van der Waals surface area contributed by atoms with Crippen LogP contribution >= 0.6 is 0 Å². The highest BCUT2D eigenvalue weighted by Gasteiger charge is 2.15. The Kier molecular flexibility index (Phi) is 14.4. The summed E-state index contributed by atoms with van der Waals surface area (Å²) in [6.45, 7) is 7.60. The molecule has 1 amide bonds. The largest absolute Gasteiger partial charge is 0.465 e. The second kappa shape index (κ2) is 14.1. The molecule has 0 rings (SSSR count). The molecule has 2 atom stereocenters. The van der Waals surface area contributed by atoms with E-state index in [1.54, 1.807) is 13.8 Å². The molecule has 0 aliphatic carbocycles. The van der Waals surface area contributed by atoms with Crippen LogP contribution in [-0.4, -0.2) is 48.4 Å². The quantitative estimate of drug-likeness (QED) is 0.574. The maximum Gasteiger partial charge on any atom is 0.405 e. The Balaban J connectivity index is 0. The van der Waals surface area contributed by atoms with Crippen LogP contribution in [0.15, 0.2) is 0 Å². The van der Waals surface area contributed by atoms with E-state index in [4.69, 9.17) is 15.6 Å². The Labute approximate surface area is 131 Å². The smallest absolute Gasteiger partial charge is 0.405 e. The fourth-order valence-corrected chi connectivity index (χ4v) is 1.30. The van der Waals surface area contributed by atoms with Crippen LogP contribution < -0.4 is 11.1 Å². The second-order valence-corrected chi connectivity index (χ2v) is 4.42. The van der Waals surface area contributed by atoms with E-state index in [0.29, 0.717) is 6.61 Å². The van der Waals surface area contributed by atoms with Gasteiger partial charge in [-0.05, 0) is 27.2 Å². The molecule has 0 radical (unpaired) electrons. The molecule has 8 nitrogen and oxygen atoms in total. The van der Waals surface area contributed by atoms with Gasteiger partial charge in [0.05, 0.1) is 13.2 Å². The molecule has 0 aromatic heterocycles. The van der Waals surface area contributed by atoms with Gasteiger partial charge < -0.3 is 25.6 Å². The fourth-order valence-electron chi connectivity index (χ4n) is 1.30. The minimum absolute atomic E-state index is 0.254. The summed E-state index contributed by atoms with van der Waals surface area (Å²) in [5.41, 5.74) is 5.51. The number of hydrogen-bond donors (Lipinski definition) is 3. The van der Waals surface area contributed by atoms with Crippen molar-refractivity contribution in [2.24, 2.45) is 5.73 Å². The van der Waals surface area contributed by atoms with Gasteiger partial charge in [0.15, 0.2) is 0 Å². The number of esters is 2. The lowest BCUT2D eigenvalue weighted by molar-refractivity contribution is -0.145. The van der Waals surface area contributed by atoms with Gasteiger partial charge in [-0.25, -0.2) is 9.59 Å². The molecule has 0 heterocycles. The van der Waals surface area contributed by atoms with Crippen LogP contribution in [0.2, 0.25) is 0 Å². The van der Waals surface area contributed by atoms with Crippen molar-refractivity contribution in [1.82, 2.24) is 5.32 Å². The Bertz CT molecular complexity index is 335. The van der Waals surface area contributed by atoms with Crippen LogP contribution in [0.1, 0.15) is 47.0 Å². The maximum absolute atomic E-state index is 10.9. The molecule has 0 saturated carbocycles. The first-order chi connectivity index (χ1) is 10.3. The number of hydrogen-bond acceptors (Lipinski definition) is 6. The van der Waals surface area contributed by atoms with Crippen LogP contribution in [0.25, 0.3) is 0 Å². The van der Waals surface area contributed by atoms with E-state index in [1.807, 2.05) is 5.32 Å². The monoisotopic (exact) mass is 320 g/mol. The van der Waals surface area contributed by atoms with Crippen LogP contribution in [0.4, 0.5) is 4.79 Å². The van der Waals surface area contributed by atoms with Crippen molar-refractivity contribution in [3.8, 4) is 0 Å². The number of carboxylic acid groups (broad SMARTS) is 1. The lowest BCUT2D eigenvalue weighted by atomic mass is 10.1. The maximum atomic E-state index is 10.9. The molecular formula is C14H28N2O6. The third kappa shape index (κ3) is 13.2. The number of amides is 1. The van der Waals surface area contributed by atoms with E-state index in [9.17, 15) is 14.4 Å². The first-order valence-electron chi connectivity index (χ1n) is 7.38. The topological polar surface area (TPSA) is 128 Å². The lowest BCUT2D eigenvalue weighted by Crippen LogP contribution is -2.38. The van der Waals surface area contributed by atoms with Gasteiger partial charge in [0, 0.05) is 0 Å². The molecule has 0 saturated heterocycles. The van der Waals surface area contributed by atoms with Crippen molar-refractivity contribution in [3.63, 3.8) is 0 Å². The summed E-state index contributed by atoms with van der Waals surface area (Å²) in [4.78, 5) is 31.6. The first-order valence-corrected chi connectivity index (χ1v) is 7.38. The summed E-state index contributed by atoms with van der Waals surface area (Å²) >= 11 is 0. The Morgan fingerprint density at radius 2 is 1.59 bits per heavy atom. The summed E-state index contributed by atoms with van der Waals surface area (Å²) in [5.74, 6) is -0.837. The first kappa shape index (κ1) is 22.5. The Morgan fingerprint density at radius 1 is 1.09 bits per heavy atom. The molecule has 0 fully saturated rings. The minimum atomic E-state index is -1.23. The zero-order chi connectivity index (χ0) is 17.5. The van der Waals surface area contributed by atoms with Gasteiger partial charge in [-0.15, -0.1) is 0 Å². The average molecular weight is 320 g/mol. The summed E-state index contributed by atoms with van der Waals surface area (Å²) in [5, 5.41) is 10.2. The van der Waals surface area contributed by atoms with E-state index in [2.05, 4.69) is 11.7 Å². The molecule has 0 aliphatic heterocycles. The van der Waals surface area contributed by atoms with E-state index in [-0.39, 0.29) is 12.6 Å². The number of unbranched alkanes of at least 4 members (excludes halogenated alkanes) is 1. The van der Waals surface area contributed by atoms with Crippen LogP contribution in [0.3, 0.4) is 0 Å². The zero-order valence-electron chi connectivity index (χ0n) is 13.8. The molecule has 22 heavy (non-hydrogen) atoms. The molecular weight excluding hydrogens is 292 g/mol. The van der Waals surface area contributed by atoms with Gasteiger partial charge in [0.2, 0.25) is 0 Å². The lowest BCUT2D eigenvalue weighted by Gasteiger charge is -2.08. The van der Waals surface area contributed by atoms with Gasteiger partial charge in [-0.1, -0.05) is 19.8 Å². The van der Waals surface area contributed by atoms with Crippen molar-refractivity contribution in [2.75, 3.05) is 13.2 Å². The van der Waals surface area contributed by atoms with E-state index >= 15 is 0 Å². The molecule has 8 heteroatoms. The highest BCUT2D eigenvalue weighted by molar-refractivity contribution is 5.80. The number of nitrogens with one attached hydrogen (secondary N) is 1. The Hall–Kier alpha value is -1.83. The molecule has 0 bridgehead atoms. The van der Waals surface area contributed by atoms with Gasteiger partial charge in [-0.3, -0.25) is 4.79 Å². The fraction of sp³-hybridized carbons (Fsp3) is 0.786. The number of nitrogens with two attached hydrogens (primary N) is 1. The number of ether oxygens (including phenoxy) is 2. The van der Waals surface area contributed by atoms with Crippen molar-refractivity contribution >= 4 is 18.0 Å². The standard InChI is InChI=1S/C8H17NO2.C6H11NO4/c1-3-5-6-7(9)8(10)11-4-2;1-3-11-5(8)4(2)7-6(9)10/h7H,3-6,9H2,1-2H3;4,7H,3H2,1-2H3,(H,9,10). The van der Waals surface area contributed by atoms with Crippen LogP contribution in [-0.2, 0) is 19.1 Å². The van der Waals surface area contributed by atoms with E-state index in [0.717, 1.165) is 19.3 Å². The van der Waals surface area contributed by atoms with E-state index in [1.165, 1.54) is 6.92 Å². The molecule has 130 valence electrons. The normalized spacial score (nSPS) is 12.2. The van der Waals surface area contributed by atoms with Gasteiger partial charge in [0.25, 0.3) is 0 Å². The summed E-state index contributed by atoms with van der Waals surface area (Å²) in [6, 6.07) is -1.22. The molecule has 0 aliphatic rings. The van der Waals surface area contributed by atoms with Crippen LogP contribution in [0.5, 0.6) is 0 Å². The van der Waals surface area contributed by atoms with Crippen molar-refractivity contribution < 1.29 is 29.0 Å². The third-order valence-electron chi connectivity index (χ3n) is 2.44. The summed E-state index contributed by atoms with van der Waals surface area (Å²) < 4.78 is 9.28. The third-order valence-corrected chi connectivity index (χ3v) is 2.44. The predicted octanol–water partition coefficient (Wildman–Crippen LogP) is 1.27. The number of carbonyl (C=O) groups is 3. The molecule has 0 aromatic carbocycles. The van der Waals surface area contributed by atoms with Gasteiger partial charge in [0.1, 0.15) is 12.1 Å². The molecule has 0 aromatic rings. The highest BCUT2D eigenvalue weighted by atomic mass is 16.5. The summed E-state index contributed by atoms with van der Waals surface area (Å²) in [6.07, 6.45) is 1.55. The molecule has 2 unspecified atom stereocenters. The SMILES string of the molecule is CCCCC(N)C(=O)OCC.CCOC(=O)C(C)NC(=O)O. The van der Waals surface area contributed by atoms with Crippen LogP contribution in [0, 0.1) is 0 Å². The van der Waals surface area contributed by atoms with Gasteiger partial charge in [-0.2, -0.15) is 0 Å². The highest BCUT2D eigenvalue weighted by Crippen LogP contribution is 1.99. The second-order valence-electron chi connectivity index (χ2n) is 4.42. The van der Waals surface area contributed by atoms with Crippen molar-refractivity contribution in [3.05, 3.63) is 0 Å². The minimum Gasteiger partial charge on any atom is -0.465 e. The number of rotatable bonds is 8. The average Bonchev–Trinajstić information content (AvgIpc) is 2.45. The van der Waals surface area contributed by atoms with Gasteiger partial charge >= 0.3 is 18.0 Å². The van der Waals surface area contributed by atoms with Crippen molar-refractivity contribution in [2.45, 2.75) is 59.0 Å². The molecule has 4 N–H and O–H groups in total. The number of carbonyl (C=O) groups excluding carboxylic acids is 2. The summed E-state index contributed by atoms with van der Waals surface area (Å²) in [7, 11) is 0.